The van der Waals surface area contributed by atoms with E-state index in [9.17, 15) is 31.1 Å². The molecule has 0 unspecified atom stereocenters. The number of hydrazine groups is 1. The van der Waals surface area contributed by atoms with Crippen molar-refractivity contribution in [2.24, 2.45) is 5.84 Å². The van der Waals surface area contributed by atoms with Crippen LogP contribution < -0.4 is 16.6 Å². The third kappa shape index (κ3) is 5.10. The molecule has 4 rings (SSSR count). The molecule has 1 amide bonds. The Balaban J connectivity index is 1.78. The highest BCUT2D eigenvalue weighted by atomic mass is 19.4. The highest BCUT2D eigenvalue weighted by Crippen LogP contribution is 2.37. The Bertz CT molecular complexity index is 1390. The average Bonchev–Trinajstić information content (AvgIpc) is 2.85. The summed E-state index contributed by atoms with van der Waals surface area (Å²) in [7, 11) is 0. The predicted molar refractivity (Wildman–Crippen MR) is 123 cm³/mol. The molecule has 0 aliphatic rings. The van der Waals surface area contributed by atoms with Gasteiger partial charge in [-0.1, -0.05) is 48.5 Å². The van der Waals surface area contributed by atoms with Gasteiger partial charge in [0.25, 0.3) is 5.91 Å². The van der Waals surface area contributed by atoms with Crippen molar-refractivity contribution in [2.45, 2.75) is 18.9 Å². The van der Waals surface area contributed by atoms with Gasteiger partial charge in [-0.3, -0.25) is 4.79 Å². The molecule has 0 aliphatic heterocycles. The van der Waals surface area contributed by atoms with E-state index in [4.69, 9.17) is 5.84 Å². The molecule has 36 heavy (non-hydrogen) atoms. The molecule has 1 aromatic heterocycles. The third-order valence-corrected chi connectivity index (χ3v) is 5.42. The number of fused-ring (bicyclic) bond motifs is 1. The van der Waals surface area contributed by atoms with E-state index in [2.05, 4.69) is 15.7 Å². The fourth-order valence-electron chi connectivity index (χ4n) is 3.83. The molecule has 0 spiro atoms. The van der Waals surface area contributed by atoms with Crippen molar-refractivity contribution in [2.75, 3.05) is 5.43 Å². The number of rotatable bonds is 5. The fourth-order valence-corrected chi connectivity index (χ4v) is 3.83. The van der Waals surface area contributed by atoms with Gasteiger partial charge in [-0.25, -0.2) is 10.8 Å². The maximum Gasteiger partial charge on any atom is 0.416 e. The van der Waals surface area contributed by atoms with Crippen LogP contribution >= 0.6 is 0 Å². The van der Waals surface area contributed by atoms with Gasteiger partial charge < -0.3 is 10.7 Å². The molecule has 0 radical (unpaired) electrons. The number of pyridine rings is 1. The topological polar surface area (TPSA) is 80.0 Å². The average molecular weight is 504 g/mol. The first-order chi connectivity index (χ1) is 17.0. The number of para-hydroxylation sites is 1. The molecular formula is C25H18F6N4O. The second-order valence-electron chi connectivity index (χ2n) is 7.83. The maximum absolute atomic E-state index is 13.3. The van der Waals surface area contributed by atoms with Crippen LogP contribution in [0.5, 0.6) is 0 Å². The summed E-state index contributed by atoms with van der Waals surface area (Å²) in [5.74, 6) is 4.83. The van der Waals surface area contributed by atoms with Crippen LogP contribution in [0, 0.1) is 0 Å². The normalized spacial score (nSPS) is 12.0. The van der Waals surface area contributed by atoms with E-state index in [1.807, 2.05) is 0 Å². The van der Waals surface area contributed by atoms with Gasteiger partial charge in [0.2, 0.25) is 0 Å². The second kappa shape index (κ2) is 9.50. The number of anilines is 1. The summed E-state index contributed by atoms with van der Waals surface area (Å²) in [6, 6.07) is 16.9. The third-order valence-electron chi connectivity index (χ3n) is 5.42. The first-order valence-electron chi connectivity index (χ1n) is 10.5. The zero-order chi connectivity index (χ0) is 26.1. The number of hydrogen-bond acceptors (Lipinski definition) is 4. The molecule has 0 atom stereocenters. The van der Waals surface area contributed by atoms with Crippen LogP contribution in [0.4, 0.5) is 32.2 Å². The van der Waals surface area contributed by atoms with E-state index < -0.39 is 35.9 Å². The molecule has 0 fully saturated rings. The highest BCUT2D eigenvalue weighted by molar-refractivity contribution is 6.12. The zero-order valence-electron chi connectivity index (χ0n) is 18.3. The quantitative estimate of drug-likeness (QED) is 0.173. The minimum Gasteiger partial charge on any atom is -0.348 e. The van der Waals surface area contributed by atoms with Crippen molar-refractivity contribution in [1.82, 2.24) is 10.3 Å². The first kappa shape index (κ1) is 25.0. The highest BCUT2D eigenvalue weighted by Gasteiger charge is 2.37. The van der Waals surface area contributed by atoms with Crippen molar-refractivity contribution in [3.05, 3.63) is 95.1 Å². The summed E-state index contributed by atoms with van der Waals surface area (Å²) < 4.78 is 79.2. The van der Waals surface area contributed by atoms with Gasteiger partial charge >= 0.3 is 12.4 Å². The molecule has 5 nitrogen and oxygen atoms in total. The van der Waals surface area contributed by atoms with Crippen LogP contribution in [-0.4, -0.2) is 10.9 Å². The number of nitrogen functional groups attached to an aromatic ring is 1. The van der Waals surface area contributed by atoms with E-state index in [-0.39, 0.29) is 23.0 Å². The molecule has 4 aromatic rings. The molecule has 11 heteroatoms. The van der Waals surface area contributed by atoms with Gasteiger partial charge in [0.15, 0.2) is 5.82 Å². The lowest BCUT2D eigenvalue weighted by Gasteiger charge is -2.18. The fraction of sp³-hybridized carbons (Fsp3) is 0.120. The number of carbonyl (C=O) groups excluding carboxylic acids is 1. The van der Waals surface area contributed by atoms with Crippen molar-refractivity contribution in [3.8, 4) is 11.1 Å². The molecule has 186 valence electrons. The summed E-state index contributed by atoms with van der Waals surface area (Å²) in [6.07, 6.45) is -10.0. The molecule has 0 aliphatic carbocycles. The number of hydrogen-bond donors (Lipinski definition) is 3. The SMILES string of the molecule is NNc1nc2ccccc2c(-c2ccccc2)c1C(=O)NCc1cc(C(F)(F)F)cc(C(F)(F)F)c1. The zero-order valence-corrected chi connectivity index (χ0v) is 18.3. The second-order valence-corrected chi connectivity index (χ2v) is 7.83. The van der Waals surface area contributed by atoms with E-state index in [1.165, 1.54) is 0 Å². The molecule has 3 aromatic carbocycles. The van der Waals surface area contributed by atoms with Crippen molar-refractivity contribution >= 4 is 22.6 Å². The largest absolute Gasteiger partial charge is 0.416 e. The van der Waals surface area contributed by atoms with Crippen molar-refractivity contribution < 1.29 is 31.1 Å². The van der Waals surface area contributed by atoms with Crippen LogP contribution in [-0.2, 0) is 18.9 Å². The van der Waals surface area contributed by atoms with Crippen LogP contribution in [0.3, 0.4) is 0 Å². The first-order valence-corrected chi connectivity index (χ1v) is 10.5. The monoisotopic (exact) mass is 504 g/mol. The minimum absolute atomic E-state index is 0.00887. The van der Waals surface area contributed by atoms with E-state index >= 15 is 0 Å². The number of alkyl halides is 6. The van der Waals surface area contributed by atoms with Crippen molar-refractivity contribution in [3.63, 3.8) is 0 Å². The summed E-state index contributed by atoms with van der Waals surface area (Å²) in [6.45, 7) is -0.600. The molecular weight excluding hydrogens is 486 g/mol. The Morgan fingerprint density at radius 2 is 1.42 bits per heavy atom. The lowest BCUT2D eigenvalue weighted by Crippen LogP contribution is -2.27. The smallest absolute Gasteiger partial charge is 0.348 e. The minimum atomic E-state index is -5.00. The van der Waals surface area contributed by atoms with E-state index in [0.717, 1.165) is 0 Å². The van der Waals surface area contributed by atoms with Crippen LogP contribution in [0.1, 0.15) is 27.0 Å². The number of aromatic nitrogens is 1. The Morgan fingerprint density at radius 3 is 2.00 bits per heavy atom. The van der Waals surface area contributed by atoms with Gasteiger partial charge in [-0.05, 0) is 35.4 Å². The van der Waals surface area contributed by atoms with Gasteiger partial charge in [-0.2, -0.15) is 26.3 Å². The number of carbonyl (C=O) groups is 1. The van der Waals surface area contributed by atoms with Crippen LogP contribution in [0.25, 0.3) is 22.0 Å². The van der Waals surface area contributed by atoms with E-state index in [0.29, 0.717) is 34.2 Å². The lowest BCUT2D eigenvalue weighted by molar-refractivity contribution is -0.143. The van der Waals surface area contributed by atoms with Gasteiger partial charge in [-0.15, -0.1) is 0 Å². The number of nitrogens with two attached hydrogens (primary N) is 1. The summed E-state index contributed by atoms with van der Waals surface area (Å²) in [5, 5.41) is 3.02. The molecule has 0 saturated heterocycles. The number of nitrogens with zero attached hydrogens (tertiary/aromatic N) is 1. The van der Waals surface area contributed by atoms with Gasteiger partial charge in [0, 0.05) is 17.5 Å². The van der Waals surface area contributed by atoms with Gasteiger partial charge in [0.05, 0.1) is 22.2 Å². The summed E-state index contributed by atoms with van der Waals surface area (Å²) in [5.41, 5.74) is 0.654. The number of nitrogens with one attached hydrogen (secondary N) is 2. The predicted octanol–water partition coefficient (Wildman–Crippen LogP) is 6.16. The Hall–Kier alpha value is -4.12. The molecule has 0 bridgehead atoms. The van der Waals surface area contributed by atoms with Gasteiger partial charge in [0.1, 0.15) is 0 Å². The van der Waals surface area contributed by atoms with Crippen LogP contribution in [0.2, 0.25) is 0 Å². The standard InChI is InChI=1S/C25H18F6N4O/c26-24(27,28)16-10-14(11-17(12-16)25(29,30)31)13-33-23(36)21-20(15-6-2-1-3-7-15)18-8-4-5-9-19(18)34-22(21)35-32/h1-12H,13,32H2,(H,33,36)(H,34,35). The lowest BCUT2D eigenvalue weighted by atomic mass is 9.95. The van der Waals surface area contributed by atoms with Crippen molar-refractivity contribution in [1.29, 1.82) is 0 Å². The Morgan fingerprint density at radius 1 is 0.833 bits per heavy atom. The number of halogens is 6. The molecule has 0 saturated carbocycles. The van der Waals surface area contributed by atoms with E-state index in [1.54, 1.807) is 54.6 Å². The summed E-state index contributed by atoms with van der Waals surface area (Å²) >= 11 is 0. The molecule has 1 heterocycles. The molecule has 4 N–H and O–H groups in total. The van der Waals surface area contributed by atoms with Crippen LogP contribution in [0.15, 0.2) is 72.8 Å². The maximum atomic E-state index is 13.3. The number of benzene rings is 3. The number of amides is 1. The summed E-state index contributed by atoms with van der Waals surface area (Å²) in [4.78, 5) is 17.7. The Labute approximate surface area is 200 Å². The Kier molecular flexibility index (Phi) is 6.59.